The van der Waals surface area contributed by atoms with E-state index >= 15 is 0 Å². The van der Waals surface area contributed by atoms with E-state index in [9.17, 15) is 9.90 Å². The minimum absolute atomic E-state index is 0.443. The molecule has 3 nitrogen and oxygen atoms in total. The van der Waals surface area contributed by atoms with Crippen LogP contribution in [0.2, 0.25) is 0 Å². The van der Waals surface area contributed by atoms with Crippen molar-refractivity contribution in [1.82, 2.24) is 0 Å². The number of thiophene rings is 1. The molecule has 1 atom stereocenters. The van der Waals surface area contributed by atoms with Gasteiger partial charge in [-0.25, -0.2) is 0 Å². The summed E-state index contributed by atoms with van der Waals surface area (Å²) in [6, 6.07) is 3.71. The van der Waals surface area contributed by atoms with Crippen LogP contribution in [0.3, 0.4) is 0 Å². The van der Waals surface area contributed by atoms with Gasteiger partial charge in [0, 0.05) is 18.6 Å². The summed E-state index contributed by atoms with van der Waals surface area (Å²) in [6.07, 6.45) is 0.478. The molecule has 0 aromatic carbocycles. The maximum absolute atomic E-state index is 11.3. The molecule has 0 saturated carbocycles. The Morgan fingerprint density at radius 3 is 2.73 bits per heavy atom. The van der Waals surface area contributed by atoms with Gasteiger partial charge < -0.3 is 9.84 Å². The molecular weight excluding hydrogens is 280 g/mol. The lowest BCUT2D eigenvalue weighted by atomic mass is 9.85. The van der Waals surface area contributed by atoms with E-state index in [4.69, 9.17) is 4.74 Å². The predicted molar refractivity (Wildman–Crippen MR) is 63.5 cm³/mol. The molecule has 84 valence electrons. The fraction of sp³-hybridized carbons (Fsp3) is 0.500. The summed E-state index contributed by atoms with van der Waals surface area (Å²) in [6.45, 7) is 2.17. The van der Waals surface area contributed by atoms with Gasteiger partial charge >= 0.3 is 5.97 Å². The van der Waals surface area contributed by atoms with Crippen molar-refractivity contribution < 1.29 is 14.6 Å². The number of halogens is 1. The molecule has 0 bridgehead atoms. The Kier molecular flexibility index (Phi) is 4.31. The van der Waals surface area contributed by atoms with Crippen LogP contribution >= 0.6 is 27.3 Å². The molecule has 1 aromatic heterocycles. The zero-order valence-electron chi connectivity index (χ0n) is 8.62. The average Bonchev–Trinajstić information content (AvgIpc) is 2.61. The molecule has 1 N–H and O–H groups in total. The molecule has 0 amide bonds. The summed E-state index contributed by atoms with van der Waals surface area (Å²) in [5.41, 5.74) is -0.854. The molecule has 0 fully saturated rings. The van der Waals surface area contributed by atoms with E-state index in [2.05, 4.69) is 15.9 Å². The minimum Gasteiger partial charge on any atom is -0.481 e. The maximum atomic E-state index is 11.3. The third kappa shape index (κ3) is 2.80. The lowest BCUT2D eigenvalue weighted by Crippen LogP contribution is -2.32. The van der Waals surface area contributed by atoms with Gasteiger partial charge in [0.1, 0.15) is 5.41 Å². The minimum atomic E-state index is -0.854. The molecule has 1 aromatic rings. The van der Waals surface area contributed by atoms with Crippen LogP contribution < -0.4 is 0 Å². The SMILES string of the molecule is COCCC(C)(C(=O)O)c1ccc(Br)s1. The van der Waals surface area contributed by atoms with Crippen LogP contribution in [0.5, 0.6) is 0 Å². The van der Waals surface area contributed by atoms with Crippen molar-refractivity contribution in [3.05, 3.63) is 20.8 Å². The Bertz CT molecular complexity index is 350. The Labute approximate surface area is 101 Å². The van der Waals surface area contributed by atoms with Crippen LogP contribution in [0.1, 0.15) is 18.2 Å². The smallest absolute Gasteiger partial charge is 0.314 e. The number of rotatable bonds is 5. The number of carboxylic acid groups (broad SMARTS) is 1. The molecule has 1 heterocycles. The predicted octanol–water partition coefficient (Wildman–Crippen LogP) is 2.89. The normalized spacial score (nSPS) is 14.9. The van der Waals surface area contributed by atoms with Gasteiger partial charge in [0.05, 0.1) is 3.79 Å². The molecule has 0 aliphatic rings. The van der Waals surface area contributed by atoms with E-state index in [0.29, 0.717) is 13.0 Å². The molecule has 0 radical (unpaired) electrons. The highest BCUT2D eigenvalue weighted by atomic mass is 79.9. The number of carbonyl (C=O) groups is 1. The van der Waals surface area contributed by atoms with Gasteiger partial charge in [0.2, 0.25) is 0 Å². The van der Waals surface area contributed by atoms with Crippen molar-refractivity contribution in [2.45, 2.75) is 18.8 Å². The van der Waals surface area contributed by atoms with Gasteiger partial charge in [-0.2, -0.15) is 0 Å². The summed E-state index contributed by atoms with van der Waals surface area (Å²) in [5.74, 6) is -0.811. The topological polar surface area (TPSA) is 46.5 Å². The van der Waals surface area contributed by atoms with Gasteiger partial charge in [0.15, 0.2) is 0 Å². The van der Waals surface area contributed by atoms with E-state index in [-0.39, 0.29) is 0 Å². The first kappa shape index (κ1) is 12.7. The van der Waals surface area contributed by atoms with Crippen LogP contribution in [-0.4, -0.2) is 24.8 Å². The molecule has 0 aliphatic carbocycles. The molecule has 0 aliphatic heterocycles. The summed E-state index contributed by atoms with van der Waals surface area (Å²) >= 11 is 4.79. The summed E-state index contributed by atoms with van der Waals surface area (Å²) < 4.78 is 5.89. The summed E-state index contributed by atoms with van der Waals surface area (Å²) in [4.78, 5) is 12.1. The fourth-order valence-electron chi connectivity index (χ4n) is 1.25. The van der Waals surface area contributed by atoms with Crippen LogP contribution in [0.25, 0.3) is 0 Å². The Morgan fingerprint density at radius 1 is 1.67 bits per heavy atom. The van der Waals surface area contributed by atoms with Crippen molar-refractivity contribution in [2.24, 2.45) is 0 Å². The van der Waals surface area contributed by atoms with Gasteiger partial charge in [-0.05, 0) is 41.4 Å². The highest BCUT2D eigenvalue weighted by Gasteiger charge is 2.36. The first-order valence-corrected chi connectivity index (χ1v) is 6.10. The van der Waals surface area contributed by atoms with Crippen LogP contribution in [-0.2, 0) is 14.9 Å². The van der Waals surface area contributed by atoms with Crippen molar-refractivity contribution >= 4 is 33.2 Å². The highest BCUT2D eigenvalue weighted by molar-refractivity contribution is 9.11. The van der Waals surface area contributed by atoms with Crippen molar-refractivity contribution in [1.29, 1.82) is 0 Å². The van der Waals surface area contributed by atoms with E-state index in [1.54, 1.807) is 14.0 Å². The molecule has 0 spiro atoms. The average molecular weight is 293 g/mol. The standard InChI is InChI=1S/C10H13BrO3S/c1-10(9(12)13,5-6-14-2)7-3-4-8(11)15-7/h3-4H,5-6H2,1-2H3,(H,12,13). The van der Waals surface area contributed by atoms with Gasteiger partial charge in [-0.15, -0.1) is 11.3 Å². The van der Waals surface area contributed by atoms with E-state index in [0.717, 1.165) is 8.66 Å². The molecule has 5 heteroatoms. The lowest BCUT2D eigenvalue weighted by molar-refractivity contribution is -0.143. The number of aliphatic carboxylic acids is 1. The Balaban J connectivity index is 2.95. The zero-order valence-corrected chi connectivity index (χ0v) is 11.0. The Morgan fingerprint density at radius 2 is 2.33 bits per heavy atom. The third-order valence-corrected chi connectivity index (χ3v) is 4.28. The van der Waals surface area contributed by atoms with Crippen molar-refractivity contribution in [3.63, 3.8) is 0 Å². The fourth-order valence-corrected chi connectivity index (χ4v) is 2.80. The van der Waals surface area contributed by atoms with Crippen molar-refractivity contribution in [3.8, 4) is 0 Å². The van der Waals surface area contributed by atoms with E-state index in [1.807, 2.05) is 12.1 Å². The van der Waals surface area contributed by atoms with E-state index in [1.165, 1.54) is 11.3 Å². The largest absolute Gasteiger partial charge is 0.481 e. The first-order chi connectivity index (χ1) is 7.00. The van der Waals surface area contributed by atoms with E-state index < -0.39 is 11.4 Å². The highest BCUT2D eigenvalue weighted by Crippen LogP contribution is 2.35. The maximum Gasteiger partial charge on any atom is 0.314 e. The third-order valence-electron chi connectivity index (χ3n) is 2.40. The zero-order chi connectivity index (χ0) is 11.5. The number of methoxy groups -OCH3 is 1. The molecule has 1 rings (SSSR count). The van der Waals surface area contributed by atoms with Gasteiger partial charge in [-0.3, -0.25) is 4.79 Å². The number of carboxylic acids is 1. The Hall–Kier alpha value is -0.390. The second kappa shape index (κ2) is 5.09. The quantitative estimate of drug-likeness (QED) is 0.908. The molecule has 15 heavy (non-hydrogen) atoms. The second-order valence-corrected chi connectivity index (χ2v) is 5.95. The van der Waals surface area contributed by atoms with Crippen LogP contribution in [0.15, 0.2) is 15.9 Å². The van der Waals surface area contributed by atoms with Crippen molar-refractivity contribution in [2.75, 3.05) is 13.7 Å². The molecule has 1 unspecified atom stereocenters. The second-order valence-electron chi connectivity index (χ2n) is 3.48. The number of hydrogen-bond acceptors (Lipinski definition) is 3. The number of ether oxygens (including phenoxy) is 1. The van der Waals surface area contributed by atoms with Crippen LogP contribution in [0, 0.1) is 0 Å². The van der Waals surface area contributed by atoms with Crippen LogP contribution in [0.4, 0.5) is 0 Å². The number of hydrogen-bond donors (Lipinski definition) is 1. The molecular formula is C10H13BrO3S. The molecule has 0 saturated heterocycles. The van der Waals surface area contributed by atoms with Gasteiger partial charge in [-0.1, -0.05) is 0 Å². The lowest BCUT2D eigenvalue weighted by Gasteiger charge is -2.22. The monoisotopic (exact) mass is 292 g/mol. The van der Waals surface area contributed by atoms with Gasteiger partial charge in [0.25, 0.3) is 0 Å². The summed E-state index contributed by atoms with van der Waals surface area (Å²) in [7, 11) is 1.58. The summed E-state index contributed by atoms with van der Waals surface area (Å²) in [5, 5.41) is 9.26. The first-order valence-electron chi connectivity index (χ1n) is 4.49.